The van der Waals surface area contributed by atoms with Crippen LogP contribution in [0.25, 0.3) is 0 Å². The van der Waals surface area contributed by atoms with Crippen molar-refractivity contribution < 1.29 is 4.79 Å². The Morgan fingerprint density at radius 3 is 2.84 bits per heavy atom. The quantitative estimate of drug-likeness (QED) is 0.877. The van der Waals surface area contributed by atoms with E-state index < -0.39 is 0 Å². The van der Waals surface area contributed by atoms with Crippen LogP contribution in [0.1, 0.15) is 40.5 Å². The molecule has 1 aliphatic rings. The van der Waals surface area contributed by atoms with Gasteiger partial charge in [0.15, 0.2) is 0 Å². The number of nitrogens with zero attached hydrogens (tertiary/aromatic N) is 1. The number of nitrogens with one attached hydrogen (secondary N) is 1. The van der Waals surface area contributed by atoms with Crippen LogP contribution < -0.4 is 0 Å². The molecule has 2 aromatic rings. The number of benzene rings is 1. The summed E-state index contributed by atoms with van der Waals surface area (Å²) in [5.74, 6) is 0.148. The van der Waals surface area contributed by atoms with Crippen LogP contribution in [0, 0.1) is 6.92 Å². The average molecular weight is 254 g/mol. The lowest BCUT2D eigenvalue weighted by Gasteiger charge is -2.24. The summed E-state index contributed by atoms with van der Waals surface area (Å²) in [7, 11) is 0. The molecule has 1 fully saturated rings. The maximum absolute atomic E-state index is 12.7. The van der Waals surface area contributed by atoms with E-state index in [2.05, 4.69) is 11.1 Å². The number of rotatable bonds is 2. The zero-order chi connectivity index (χ0) is 13.2. The Kier molecular flexibility index (Phi) is 3.11. The molecule has 98 valence electrons. The van der Waals surface area contributed by atoms with E-state index in [9.17, 15) is 4.79 Å². The summed E-state index contributed by atoms with van der Waals surface area (Å²) >= 11 is 0. The van der Waals surface area contributed by atoms with Crippen LogP contribution in [0.2, 0.25) is 0 Å². The van der Waals surface area contributed by atoms with Crippen LogP contribution in [0.3, 0.4) is 0 Å². The van der Waals surface area contributed by atoms with Crippen LogP contribution in [-0.4, -0.2) is 22.3 Å². The molecule has 1 aliphatic heterocycles. The van der Waals surface area contributed by atoms with E-state index in [4.69, 9.17) is 0 Å². The van der Waals surface area contributed by atoms with Crippen molar-refractivity contribution in [2.75, 3.05) is 6.54 Å². The first-order valence-corrected chi connectivity index (χ1v) is 6.77. The lowest BCUT2D eigenvalue weighted by atomic mass is 10.1. The Labute approximate surface area is 113 Å². The van der Waals surface area contributed by atoms with Crippen molar-refractivity contribution in [2.24, 2.45) is 0 Å². The highest BCUT2D eigenvalue weighted by Crippen LogP contribution is 2.32. The number of amides is 1. The van der Waals surface area contributed by atoms with Crippen LogP contribution >= 0.6 is 0 Å². The number of H-pyrrole nitrogens is 1. The summed E-state index contributed by atoms with van der Waals surface area (Å²) in [4.78, 5) is 17.9. The van der Waals surface area contributed by atoms with E-state index in [-0.39, 0.29) is 11.9 Å². The van der Waals surface area contributed by atoms with Gasteiger partial charge in [-0.05, 0) is 43.5 Å². The number of hydrogen-bond donors (Lipinski definition) is 1. The number of hydrogen-bond acceptors (Lipinski definition) is 1. The van der Waals surface area contributed by atoms with Gasteiger partial charge in [0.1, 0.15) is 0 Å². The van der Waals surface area contributed by atoms with E-state index in [1.807, 2.05) is 48.4 Å². The van der Waals surface area contributed by atoms with Crippen molar-refractivity contribution in [3.05, 3.63) is 59.4 Å². The summed E-state index contributed by atoms with van der Waals surface area (Å²) in [6.45, 7) is 2.84. The third kappa shape index (κ3) is 2.16. The smallest absolute Gasteiger partial charge is 0.254 e. The molecule has 1 N–H and O–H groups in total. The van der Waals surface area contributed by atoms with Gasteiger partial charge in [0, 0.05) is 24.0 Å². The number of aromatic amines is 1. The summed E-state index contributed by atoms with van der Waals surface area (Å²) in [5.41, 5.74) is 3.00. The number of aryl methyl sites for hydroxylation is 1. The standard InChI is InChI=1S/C16H18N2O/c1-12-6-2-3-7-13(12)16(19)18-11-5-9-15(18)14-8-4-10-17-14/h2-4,6-8,10,15,17H,5,9,11H2,1H3. The van der Waals surface area contributed by atoms with Gasteiger partial charge < -0.3 is 9.88 Å². The Morgan fingerprint density at radius 1 is 1.26 bits per heavy atom. The monoisotopic (exact) mass is 254 g/mol. The molecule has 3 rings (SSSR count). The molecule has 1 unspecified atom stereocenters. The van der Waals surface area contributed by atoms with Crippen molar-refractivity contribution in [3.8, 4) is 0 Å². The second kappa shape index (κ2) is 4.92. The molecule has 3 heteroatoms. The molecule has 1 aromatic carbocycles. The van der Waals surface area contributed by atoms with Crippen LogP contribution in [-0.2, 0) is 0 Å². The molecule has 3 nitrogen and oxygen atoms in total. The summed E-state index contributed by atoms with van der Waals surface area (Å²) in [6.07, 6.45) is 4.03. The highest BCUT2D eigenvalue weighted by Gasteiger charge is 2.31. The molecule has 19 heavy (non-hydrogen) atoms. The van der Waals surface area contributed by atoms with Gasteiger partial charge in [0.05, 0.1) is 6.04 Å². The van der Waals surface area contributed by atoms with Crippen molar-refractivity contribution in [1.29, 1.82) is 0 Å². The fraction of sp³-hybridized carbons (Fsp3) is 0.312. The van der Waals surface area contributed by atoms with Gasteiger partial charge in [-0.15, -0.1) is 0 Å². The lowest BCUT2D eigenvalue weighted by Crippen LogP contribution is -2.31. The maximum atomic E-state index is 12.7. The number of carbonyl (C=O) groups is 1. The molecule has 0 bridgehead atoms. The molecule has 2 heterocycles. The van der Waals surface area contributed by atoms with Crippen molar-refractivity contribution >= 4 is 5.91 Å². The van der Waals surface area contributed by atoms with Gasteiger partial charge >= 0.3 is 0 Å². The Hall–Kier alpha value is -2.03. The average Bonchev–Trinajstić information content (AvgIpc) is 3.09. The largest absolute Gasteiger partial charge is 0.363 e. The predicted octanol–water partition coefficient (Wildman–Crippen LogP) is 3.30. The molecule has 0 spiro atoms. The minimum Gasteiger partial charge on any atom is -0.363 e. The highest BCUT2D eigenvalue weighted by atomic mass is 16.2. The van der Waals surface area contributed by atoms with Crippen LogP contribution in [0.15, 0.2) is 42.6 Å². The third-order valence-electron chi connectivity index (χ3n) is 3.87. The summed E-state index contributed by atoms with van der Waals surface area (Å²) < 4.78 is 0. The highest BCUT2D eigenvalue weighted by molar-refractivity contribution is 5.96. The molecule has 1 amide bonds. The molecule has 1 atom stereocenters. The van der Waals surface area contributed by atoms with Gasteiger partial charge in [0.2, 0.25) is 0 Å². The van der Waals surface area contributed by atoms with Crippen molar-refractivity contribution in [1.82, 2.24) is 9.88 Å². The number of carbonyl (C=O) groups excluding carboxylic acids is 1. The topological polar surface area (TPSA) is 36.1 Å². The van der Waals surface area contributed by atoms with Gasteiger partial charge in [0.25, 0.3) is 5.91 Å². The molecule has 0 aliphatic carbocycles. The van der Waals surface area contributed by atoms with Gasteiger partial charge in [-0.2, -0.15) is 0 Å². The zero-order valence-electron chi connectivity index (χ0n) is 11.1. The van der Waals surface area contributed by atoms with Crippen LogP contribution in [0.4, 0.5) is 0 Å². The van der Waals surface area contributed by atoms with E-state index in [1.54, 1.807) is 0 Å². The fourth-order valence-electron chi connectivity index (χ4n) is 2.85. The minimum atomic E-state index is 0.148. The zero-order valence-corrected chi connectivity index (χ0v) is 11.1. The lowest BCUT2D eigenvalue weighted by molar-refractivity contribution is 0.0732. The number of aromatic nitrogens is 1. The molecular weight excluding hydrogens is 236 g/mol. The molecule has 1 saturated heterocycles. The SMILES string of the molecule is Cc1ccccc1C(=O)N1CCCC1c1ccc[nH]1. The first-order valence-electron chi connectivity index (χ1n) is 6.77. The second-order valence-corrected chi connectivity index (χ2v) is 5.10. The third-order valence-corrected chi connectivity index (χ3v) is 3.87. The van der Waals surface area contributed by atoms with Gasteiger partial charge in [-0.25, -0.2) is 0 Å². The first-order chi connectivity index (χ1) is 9.27. The normalized spacial score (nSPS) is 18.8. The fourth-order valence-corrected chi connectivity index (χ4v) is 2.85. The van der Waals surface area contributed by atoms with Gasteiger partial charge in [-0.3, -0.25) is 4.79 Å². The second-order valence-electron chi connectivity index (χ2n) is 5.10. The predicted molar refractivity (Wildman–Crippen MR) is 75.0 cm³/mol. The molecule has 0 saturated carbocycles. The van der Waals surface area contributed by atoms with E-state index >= 15 is 0 Å². The summed E-state index contributed by atoms with van der Waals surface area (Å²) in [6, 6.07) is 12.1. The molecular formula is C16H18N2O. The minimum absolute atomic E-state index is 0.148. The van der Waals surface area contributed by atoms with E-state index in [1.165, 1.54) is 0 Å². The van der Waals surface area contributed by atoms with E-state index in [0.717, 1.165) is 36.2 Å². The first kappa shape index (κ1) is 12.0. The molecule has 1 aromatic heterocycles. The van der Waals surface area contributed by atoms with Crippen LogP contribution in [0.5, 0.6) is 0 Å². The van der Waals surface area contributed by atoms with Crippen molar-refractivity contribution in [3.63, 3.8) is 0 Å². The maximum Gasteiger partial charge on any atom is 0.254 e. The van der Waals surface area contributed by atoms with Crippen molar-refractivity contribution in [2.45, 2.75) is 25.8 Å². The summed E-state index contributed by atoms with van der Waals surface area (Å²) in [5, 5.41) is 0. The Morgan fingerprint density at radius 2 is 2.11 bits per heavy atom. The Balaban J connectivity index is 1.89. The number of likely N-dealkylation sites (tertiary alicyclic amines) is 1. The molecule has 0 radical (unpaired) electrons. The van der Waals surface area contributed by atoms with Gasteiger partial charge in [-0.1, -0.05) is 18.2 Å². The van der Waals surface area contributed by atoms with E-state index in [0.29, 0.717) is 0 Å². The Bertz CT molecular complexity index is 574.